The molecule has 1 aromatic carbocycles. The molecule has 2 rings (SSSR count). The van der Waals surface area contributed by atoms with Gasteiger partial charge in [0.2, 0.25) is 5.91 Å². The van der Waals surface area contributed by atoms with Crippen LogP contribution in [-0.2, 0) is 11.3 Å². The Morgan fingerprint density at radius 3 is 2.95 bits per heavy atom. The van der Waals surface area contributed by atoms with Crippen LogP contribution < -0.4 is 5.32 Å². The molecule has 116 valence electrons. The summed E-state index contributed by atoms with van der Waals surface area (Å²) in [6.07, 6.45) is 1.72. The zero-order valence-corrected chi connectivity index (χ0v) is 14.1. The standard InChI is InChI=1S/C16H22BrFN2O/c1-3-20(10-13-9-14(17)4-5-15(13)18)16(21)12-6-7-19-11(2)8-12/h4-5,9,11-12,19H,3,6-8,10H2,1-2H3/t11-,12-/m0/s1. The molecule has 1 aromatic rings. The lowest BCUT2D eigenvalue weighted by atomic mass is 9.92. The summed E-state index contributed by atoms with van der Waals surface area (Å²) in [4.78, 5) is 14.4. The molecule has 0 aromatic heterocycles. The van der Waals surface area contributed by atoms with Gasteiger partial charge in [0.1, 0.15) is 5.82 Å². The minimum atomic E-state index is -0.261. The zero-order valence-electron chi connectivity index (χ0n) is 12.5. The largest absolute Gasteiger partial charge is 0.338 e. The maximum atomic E-state index is 13.9. The third-order valence-electron chi connectivity index (χ3n) is 4.04. The van der Waals surface area contributed by atoms with Gasteiger partial charge in [-0.15, -0.1) is 0 Å². The van der Waals surface area contributed by atoms with Crippen LogP contribution in [0.3, 0.4) is 0 Å². The molecule has 0 bridgehead atoms. The van der Waals surface area contributed by atoms with E-state index >= 15 is 0 Å². The maximum Gasteiger partial charge on any atom is 0.226 e. The Balaban J connectivity index is 2.08. The quantitative estimate of drug-likeness (QED) is 0.897. The summed E-state index contributed by atoms with van der Waals surface area (Å²) in [5.41, 5.74) is 0.557. The molecule has 5 heteroatoms. The van der Waals surface area contributed by atoms with Crippen LogP contribution in [0.2, 0.25) is 0 Å². The Bertz CT molecular complexity index is 509. The fourth-order valence-electron chi connectivity index (χ4n) is 2.83. The summed E-state index contributed by atoms with van der Waals surface area (Å²) in [5, 5.41) is 3.35. The van der Waals surface area contributed by atoms with E-state index in [4.69, 9.17) is 0 Å². The Morgan fingerprint density at radius 1 is 1.52 bits per heavy atom. The van der Waals surface area contributed by atoms with Crippen molar-refractivity contribution in [1.29, 1.82) is 0 Å². The molecule has 1 aliphatic rings. The van der Waals surface area contributed by atoms with Crippen LogP contribution in [0.15, 0.2) is 22.7 Å². The molecule has 0 aliphatic carbocycles. The topological polar surface area (TPSA) is 32.3 Å². The SMILES string of the molecule is CCN(Cc1cc(Br)ccc1F)C(=O)[C@H]1CCN[C@@H](C)C1. The van der Waals surface area contributed by atoms with E-state index in [9.17, 15) is 9.18 Å². The highest BCUT2D eigenvalue weighted by Crippen LogP contribution is 2.22. The highest BCUT2D eigenvalue weighted by molar-refractivity contribution is 9.10. The molecule has 1 aliphatic heterocycles. The van der Waals surface area contributed by atoms with E-state index in [2.05, 4.69) is 28.2 Å². The van der Waals surface area contributed by atoms with E-state index < -0.39 is 0 Å². The average Bonchev–Trinajstić information content (AvgIpc) is 2.47. The summed E-state index contributed by atoms with van der Waals surface area (Å²) in [6, 6.07) is 5.22. The van der Waals surface area contributed by atoms with Crippen LogP contribution in [0, 0.1) is 11.7 Å². The molecule has 1 fully saturated rings. The first-order valence-electron chi connectivity index (χ1n) is 7.47. The van der Waals surface area contributed by atoms with Crippen molar-refractivity contribution in [3.8, 4) is 0 Å². The van der Waals surface area contributed by atoms with Gasteiger partial charge in [-0.2, -0.15) is 0 Å². The number of piperidine rings is 1. The number of hydrogen-bond acceptors (Lipinski definition) is 2. The van der Waals surface area contributed by atoms with Gasteiger partial charge in [0.05, 0.1) is 0 Å². The summed E-state index contributed by atoms with van der Waals surface area (Å²) >= 11 is 3.35. The molecule has 1 saturated heterocycles. The Morgan fingerprint density at radius 2 is 2.29 bits per heavy atom. The second-order valence-corrected chi connectivity index (χ2v) is 6.58. The van der Waals surface area contributed by atoms with E-state index in [1.54, 1.807) is 17.0 Å². The van der Waals surface area contributed by atoms with Gasteiger partial charge in [-0.3, -0.25) is 4.79 Å². The number of nitrogens with zero attached hydrogens (tertiary/aromatic N) is 1. The number of nitrogens with one attached hydrogen (secondary N) is 1. The fraction of sp³-hybridized carbons (Fsp3) is 0.562. The van der Waals surface area contributed by atoms with Crippen molar-refractivity contribution in [3.05, 3.63) is 34.1 Å². The number of amides is 1. The zero-order chi connectivity index (χ0) is 15.4. The molecular formula is C16H22BrFN2O. The normalized spacial score (nSPS) is 22.1. The van der Waals surface area contributed by atoms with Crippen LogP contribution in [0.4, 0.5) is 4.39 Å². The summed E-state index contributed by atoms with van der Waals surface area (Å²) in [6.45, 7) is 5.85. The Hall–Kier alpha value is -0.940. The van der Waals surface area contributed by atoms with E-state index in [1.807, 2.05) is 6.92 Å². The number of carbonyl (C=O) groups is 1. The highest BCUT2D eigenvalue weighted by atomic mass is 79.9. The van der Waals surface area contributed by atoms with E-state index in [0.717, 1.165) is 23.9 Å². The summed E-state index contributed by atoms with van der Waals surface area (Å²) in [5.74, 6) is -0.0650. The average molecular weight is 357 g/mol. The molecule has 1 amide bonds. The fourth-order valence-corrected chi connectivity index (χ4v) is 3.24. The number of hydrogen-bond donors (Lipinski definition) is 1. The van der Waals surface area contributed by atoms with Crippen LogP contribution in [0.25, 0.3) is 0 Å². The number of carbonyl (C=O) groups excluding carboxylic acids is 1. The van der Waals surface area contributed by atoms with Crippen molar-refractivity contribution in [2.75, 3.05) is 13.1 Å². The Labute approximate surface area is 134 Å². The molecule has 1 heterocycles. The monoisotopic (exact) mass is 356 g/mol. The lowest BCUT2D eigenvalue weighted by Gasteiger charge is -2.31. The van der Waals surface area contributed by atoms with Gasteiger partial charge in [0, 0.05) is 35.1 Å². The highest BCUT2D eigenvalue weighted by Gasteiger charge is 2.28. The number of benzene rings is 1. The first-order valence-corrected chi connectivity index (χ1v) is 8.26. The minimum absolute atomic E-state index is 0.0522. The number of rotatable bonds is 4. The second kappa shape index (κ2) is 7.36. The van der Waals surface area contributed by atoms with Crippen LogP contribution in [-0.4, -0.2) is 29.9 Å². The van der Waals surface area contributed by atoms with Crippen molar-refractivity contribution in [3.63, 3.8) is 0 Å². The van der Waals surface area contributed by atoms with Crippen LogP contribution in [0.1, 0.15) is 32.3 Å². The number of halogens is 2. The van der Waals surface area contributed by atoms with Gasteiger partial charge < -0.3 is 10.2 Å². The van der Waals surface area contributed by atoms with Crippen LogP contribution in [0.5, 0.6) is 0 Å². The lowest BCUT2D eigenvalue weighted by Crippen LogP contribution is -2.44. The van der Waals surface area contributed by atoms with Crippen molar-refractivity contribution in [2.24, 2.45) is 5.92 Å². The molecular weight excluding hydrogens is 335 g/mol. The summed E-state index contributed by atoms with van der Waals surface area (Å²) < 4.78 is 14.7. The van der Waals surface area contributed by atoms with Gasteiger partial charge >= 0.3 is 0 Å². The molecule has 1 N–H and O–H groups in total. The van der Waals surface area contributed by atoms with Crippen molar-refractivity contribution in [1.82, 2.24) is 10.2 Å². The van der Waals surface area contributed by atoms with Crippen molar-refractivity contribution >= 4 is 21.8 Å². The first-order chi connectivity index (χ1) is 10.0. The van der Waals surface area contributed by atoms with Crippen LogP contribution >= 0.6 is 15.9 Å². The third-order valence-corrected chi connectivity index (χ3v) is 4.53. The second-order valence-electron chi connectivity index (χ2n) is 5.66. The Kier molecular flexibility index (Phi) is 5.76. The van der Waals surface area contributed by atoms with E-state index in [-0.39, 0.29) is 17.6 Å². The predicted molar refractivity (Wildman–Crippen MR) is 85.4 cm³/mol. The van der Waals surface area contributed by atoms with E-state index in [0.29, 0.717) is 24.7 Å². The van der Waals surface area contributed by atoms with Gasteiger partial charge in [0.25, 0.3) is 0 Å². The van der Waals surface area contributed by atoms with Gasteiger partial charge in [-0.05, 0) is 51.4 Å². The molecule has 21 heavy (non-hydrogen) atoms. The van der Waals surface area contributed by atoms with Gasteiger partial charge in [-0.25, -0.2) is 4.39 Å². The molecule has 0 saturated carbocycles. The molecule has 0 spiro atoms. The minimum Gasteiger partial charge on any atom is -0.338 e. The molecule has 2 atom stereocenters. The molecule has 0 radical (unpaired) electrons. The third kappa shape index (κ3) is 4.27. The van der Waals surface area contributed by atoms with E-state index in [1.165, 1.54) is 6.07 Å². The first kappa shape index (κ1) is 16.4. The smallest absolute Gasteiger partial charge is 0.226 e. The van der Waals surface area contributed by atoms with Gasteiger partial charge in [0.15, 0.2) is 0 Å². The maximum absolute atomic E-state index is 13.9. The predicted octanol–water partition coefficient (Wildman–Crippen LogP) is 3.32. The van der Waals surface area contributed by atoms with Gasteiger partial charge in [-0.1, -0.05) is 15.9 Å². The summed E-state index contributed by atoms with van der Waals surface area (Å²) in [7, 11) is 0. The molecule has 3 nitrogen and oxygen atoms in total. The van der Waals surface area contributed by atoms with Crippen molar-refractivity contribution < 1.29 is 9.18 Å². The van der Waals surface area contributed by atoms with Crippen molar-refractivity contribution in [2.45, 2.75) is 39.3 Å². The molecule has 0 unspecified atom stereocenters. The lowest BCUT2D eigenvalue weighted by molar-refractivity contribution is -0.137.